The molecule has 2 N–H and O–H groups in total. The van der Waals surface area contributed by atoms with Gasteiger partial charge >= 0.3 is 0 Å². The van der Waals surface area contributed by atoms with Gasteiger partial charge in [0, 0.05) is 24.8 Å². The van der Waals surface area contributed by atoms with Crippen molar-refractivity contribution >= 4 is 0 Å². The van der Waals surface area contributed by atoms with Gasteiger partial charge < -0.3 is 15.0 Å². The minimum atomic E-state index is -0.0756. The first-order valence-electron chi connectivity index (χ1n) is 7.54. The number of rotatable bonds is 6. The molecule has 4 heteroatoms. The van der Waals surface area contributed by atoms with Gasteiger partial charge in [-0.15, -0.1) is 0 Å². The Morgan fingerprint density at radius 3 is 2.84 bits per heavy atom. The van der Waals surface area contributed by atoms with Gasteiger partial charge in [0.05, 0.1) is 18.6 Å². The molecule has 0 aliphatic heterocycles. The first-order valence-corrected chi connectivity index (χ1v) is 7.54. The number of hydrogen-bond donors (Lipinski definition) is 2. The molecule has 1 aromatic heterocycles. The van der Waals surface area contributed by atoms with E-state index in [0.29, 0.717) is 0 Å². The van der Waals surface area contributed by atoms with E-state index in [1.165, 1.54) is 18.5 Å². The summed E-state index contributed by atoms with van der Waals surface area (Å²) in [6, 6.07) is 0. The third kappa shape index (κ3) is 3.57. The van der Waals surface area contributed by atoms with Crippen molar-refractivity contribution in [3.8, 4) is 0 Å². The first kappa shape index (κ1) is 14.5. The highest BCUT2D eigenvalue weighted by Gasteiger charge is 2.33. The second-order valence-electron chi connectivity index (χ2n) is 6.05. The maximum absolute atomic E-state index is 9.74. The van der Waals surface area contributed by atoms with E-state index in [4.69, 9.17) is 0 Å². The van der Waals surface area contributed by atoms with Crippen molar-refractivity contribution in [3.05, 3.63) is 18.2 Å². The van der Waals surface area contributed by atoms with Crippen LogP contribution >= 0.6 is 0 Å². The molecule has 1 aliphatic carbocycles. The minimum Gasteiger partial charge on any atom is -0.394 e. The summed E-state index contributed by atoms with van der Waals surface area (Å²) >= 11 is 0. The number of aliphatic hydroxyl groups excluding tert-OH is 1. The standard InChI is InChI=1S/C15H27N3O/c1-3-8-18-12-16-9-14(18)10-17-15(11-19)6-4-13(2)5-7-15/h9,12-13,17,19H,3-8,10-11H2,1-2H3. The second kappa shape index (κ2) is 6.53. The van der Waals surface area contributed by atoms with E-state index in [0.717, 1.165) is 38.3 Å². The molecular weight excluding hydrogens is 238 g/mol. The summed E-state index contributed by atoms with van der Waals surface area (Å²) < 4.78 is 2.20. The molecule has 1 heterocycles. The maximum atomic E-state index is 9.74. The molecule has 0 saturated heterocycles. The lowest BCUT2D eigenvalue weighted by Gasteiger charge is -2.39. The van der Waals surface area contributed by atoms with Gasteiger partial charge in [-0.05, 0) is 38.0 Å². The zero-order chi connectivity index (χ0) is 13.7. The van der Waals surface area contributed by atoms with E-state index < -0.39 is 0 Å². The fourth-order valence-electron chi connectivity index (χ4n) is 2.92. The number of aliphatic hydroxyl groups is 1. The largest absolute Gasteiger partial charge is 0.394 e. The number of nitrogens with one attached hydrogen (secondary N) is 1. The first-order chi connectivity index (χ1) is 9.19. The Kier molecular flexibility index (Phi) is 4.99. The number of imidazole rings is 1. The Morgan fingerprint density at radius 1 is 1.47 bits per heavy atom. The predicted molar refractivity (Wildman–Crippen MR) is 76.8 cm³/mol. The van der Waals surface area contributed by atoms with Crippen molar-refractivity contribution in [1.82, 2.24) is 14.9 Å². The lowest BCUT2D eigenvalue weighted by Crippen LogP contribution is -2.50. The van der Waals surface area contributed by atoms with Crippen LogP contribution in [0.15, 0.2) is 12.5 Å². The lowest BCUT2D eigenvalue weighted by molar-refractivity contribution is 0.103. The summed E-state index contributed by atoms with van der Waals surface area (Å²) in [6.45, 7) is 6.53. The van der Waals surface area contributed by atoms with Crippen molar-refractivity contribution in [2.45, 2.75) is 64.6 Å². The van der Waals surface area contributed by atoms with Gasteiger partial charge in [-0.2, -0.15) is 0 Å². The molecule has 0 atom stereocenters. The van der Waals surface area contributed by atoms with E-state index >= 15 is 0 Å². The van der Waals surface area contributed by atoms with Crippen LogP contribution in [0.4, 0.5) is 0 Å². The van der Waals surface area contributed by atoms with Crippen LogP contribution in [0.2, 0.25) is 0 Å². The Balaban J connectivity index is 1.94. The fraction of sp³-hybridized carbons (Fsp3) is 0.800. The molecule has 108 valence electrons. The van der Waals surface area contributed by atoms with Crippen LogP contribution in [0.25, 0.3) is 0 Å². The summed E-state index contributed by atoms with van der Waals surface area (Å²) in [5.41, 5.74) is 1.14. The zero-order valence-corrected chi connectivity index (χ0v) is 12.2. The molecule has 1 fully saturated rings. The van der Waals surface area contributed by atoms with Gasteiger partial charge in [-0.25, -0.2) is 4.98 Å². The Morgan fingerprint density at radius 2 is 2.21 bits per heavy atom. The average molecular weight is 265 g/mol. The van der Waals surface area contributed by atoms with Crippen molar-refractivity contribution in [3.63, 3.8) is 0 Å². The van der Waals surface area contributed by atoms with Crippen LogP contribution in [-0.4, -0.2) is 26.8 Å². The van der Waals surface area contributed by atoms with Crippen molar-refractivity contribution < 1.29 is 5.11 Å². The molecule has 0 spiro atoms. The highest BCUT2D eigenvalue weighted by atomic mass is 16.3. The topological polar surface area (TPSA) is 50.1 Å². The Labute approximate surface area is 116 Å². The maximum Gasteiger partial charge on any atom is 0.0948 e. The Hall–Kier alpha value is -0.870. The molecule has 4 nitrogen and oxygen atoms in total. The molecule has 1 aromatic rings. The van der Waals surface area contributed by atoms with Crippen LogP contribution in [0.5, 0.6) is 0 Å². The summed E-state index contributed by atoms with van der Waals surface area (Å²) in [7, 11) is 0. The number of aromatic nitrogens is 2. The number of hydrogen-bond acceptors (Lipinski definition) is 3. The third-order valence-corrected chi connectivity index (χ3v) is 4.44. The quantitative estimate of drug-likeness (QED) is 0.830. The summed E-state index contributed by atoms with van der Waals surface area (Å²) in [4.78, 5) is 4.23. The van der Waals surface area contributed by atoms with Crippen molar-refractivity contribution in [1.29, 1.82) is 0 Å². The predicted octanol–water partition coefficient (Wildman–Crippen LogP) is 2.32. The normalized spacial score (nSPS) is 27.6. The summed E-state index contributed by atoms with van der Waals surface area (Å²) in [6.07, 6.45) is 9.52. The molecular formula is C15H27N3O. The van der Waals surface area contributed by atoms with Crippen LogP contribution < -0.4 is 5.32 Å². The second-order valence-corrected chi connectivity index (χ2v) is 6.05. The molecule has 0 radical (unpaired) electrons. The summed E-state index contributed by atoms with van der Waals surface area (Å²) in [5, 5.41) is 13.3. The van der Waals surface area contributed by atoms with Gasteiger partial charge in [0.15, 0.2) is 0 Å². The van der Waals surface area contributed by atoms with E-state index in [-0.39, 0.29) is 12.1 Å². The van der Waals surface area contributed by atoms with Crippen molar-refractivity contribution in [2.24, 2.45) is 5.92 Å². The smallest absolute Gasteiger partial charge is 0.0948 e. The van der Waals surface area contributed by atoms with E-state index in [9.17, 15) is 5.11 Å². The van der Waals surface area contributed by atoms with Crippen LogP contribution in [-0.2, 0) is 13.1 Å². The van der Waals surface area contributed by atoms with Crippen molar-refractivity contribution in [2.75, 3.05) is 6.61 Å². The van der Waals surface area contributed by atoms with Crippen LogP contribution in [0.1, 0.15) is 51.6 Å². The zero-order valence-electron chi connectivity index (χ0n) is 12.2. The summed E-state index contributed by atoms with van der Waals surface area (Å²) in [5.74, 6) is 0.798. The van der Waals surface area contributed by atoms with Gasteiger partial charge in [-0.3, -0.25) is 0 Å². The van der Waals surface area contributed by atoms with Gasteiger partial charge in [0.2, 0.25) is 0 Å². The minimum absolute atomic E-state index is 0.0756. The highest BCUT2D eigenvalue weighted by Crippen LogP contribution is 2.31. The molecule has 1 saturated carbocycles. The number of nitrogens with zero attached hydrogens (tertiary/aromatic N) is 2. The van der Waals surface area contributed by atoms with Gasteiger partial charge in [-0.1, -0.05) is 13.8 Å². The highest BCUT2D eigenvalue weighted by molar-refractivity contribution is 5.01. The molecule has 0 aromatic carbocycles. The Bertz CT molecular complexity index is 380. The average Bonchev–Trinajstić information content (AvgIpc) is 2.87. The molecule has 0 unspecified atom stereocenters. The van der Waals surface area contributed by atoms with Gasteiger partial charge in [0.25, 0.3) is 0 Å². The van der Waals surface area contributed by atoms with Crippen LogP contribution in [0.3, 0.4) is 0 Å². The number of aryl methyl sites for hydroxylation is 1. The van der Waals surface area contributed by atoms with Crippen LogP contribution in [0, 0.1) is 5.92 Å². The SMILES string of the molecule is CCCn1cncc1CNC1(CO)CCC(C)CC1. The fourth-order valence-corrected chi connectivity index (χ4v) is 2.92. The molecule has 2 rings (SSSR count). The molecule has 0 amide bonds. The molecule has 1 aliphatic rings. The van der Waals surface area contributed by atoms with E-state index in [1.807, 2.05) is 12.5 Å². The van der Waals surface area contributed by atoms with Gasteiger partial charge in [0.1, 0.15) is 0 Å². The van der Waals surface area contributed by atoms with E-state index in [2.05, 4.69) is 28.7 Å². The molecule has 19 heavy (non-hydrogen) atoms. The molecule has 0 bridgehead atoms. The lowest BCUT2D eigenvalue weighted by atomic mass is 9.77. The van der Waals surface area contributed by atoms with E-state index in [1.54, 1.807) is 0 Å². The monoisotopic (exact) mass is 265 g/mol. The third-order valence-electron chi connectivity index (χ3n) is 4.44.